The minimum absolute atomic E-state index is 0.0330. The van der Waals surface area contributed by atoms with E-state index >= 15 is 0 Å². The molecule has 3 heterocycles. The Labute approximate surface area is 105 Å². The van der Waals surface area contributed by atoms with Crippen LogP contribution in [0.25, 0.3) is 5.52 Å². The highest BCUT2D eigenvalue weighted by Gasteiger charge is 2.22. The average Bonchev–Trinajstić information content (AvgIpc) is 2.86. The molecule has 1 amide bonds. The molecule has 1 aliphatic heterocycles. The second kappa shape index (κ2) is 4.42. The second-order valence-electron chi connectivity index (χ2n) is 4.66. The van der Waals surface area contributed by atoms with Crippen LogP contribution in [0.2, 0.25) is 0 Å². The number of piperidine rings is 1. The lowest BCUT2D eigenvalue weighted by Gasteiger charge is -2.29. The number of hydrogen-bond acceptors (Lipinski definition) is 3. The predicted molar refractivity (Wildman–Crippen MR) is 66.3 cm³/mol. The van der Waals surface area contributed by atoms with Gasteiger partial charge in [-0.2, -0.15) is 0 Å². The first-order valence-corrected chi connectivity index (χ1v) is 6.13. The number of aromatic nitrogens is 2. The van der Waals surface area contributed by atoms with Crippen LogP contribution in [0.15, 0.2) is 30.9 Å². The molecular weight excluding hydrogens is 230 g/mol. The number of aliphatic hydroxyl groups excluding tert-OH is 1. The Balaban J connectivity index is 1.82. The van der Waals surface area contributed by atoms with Crippen LogP contribution < -0.4 is 0 Å². The topological polar surface area (TPSA) is 57.8 Å². The van der Waals surface area contributed by atoms with Gasteiger partial charge < -0.3 is 14.4 Å². The molecule has 2 aromatic rings. The van der Waals surface area contributed by atoms with E-state index in [0.717, 1.165) is 5.52 Å². The van der Waals surface area contributed by atoms with Crippen LogP contribution in [-0.4, -0.2) is 44.5 Å². The SMILES string of the molecule is O=C(c1ccn2cncc2c1)N1CCC(O)CC1. The lowest BCUT2D eigenvalue weighted by molar-refractivity contribution is 0.0546. The normalized spacial score (nSPS) is 17.3. The van der Waals surface area contributed by atoms with Gasteiger partial charge >= 0.3 is 0 Å². The quantitative estimate of drug-likeness (QED) is 0.813. The number of pyridine rings is 1. The number of likely N-dealkylation sites (tertiary alicyclic amines) is 1. The van der Waals surface area contributed by atoms with Gasteiger partial charge in [0.25, 0.3) is 5.91 Å². The van der Waals surface area contributed by atoms with Crippen molar-refractivity contribution >= 4 is 11.4 Å². The number of rotatable bonds is 1. The summed E-state index contributed by atoms with van der Waals surface area (Å²) in [5.74, 6) is 0.0330. The standard InChI is InChI=1S/C13H15N3O2/c17-12-2-5-15(6-3-12)13(18)10-1-4-16-9-14-8-11(16)7-10/h1,4,7-9,12,17H,2-3,5-6H2. The van der Waals surface area contributed by atoms with E-state index in [9.17, 15) is 9.90 Å². The zero-order chi connectivity index (χ0) is 12.5. The molecule has 0 atom stereocenters. The molecule has 0 bridgehead atoms. The van der Waals surface area contributed by atoms with Crippen molar-refractivity contribution in [2.75, 3.05) is 13.1 Å². The summed E-state index contributed by atoms with van der Waals surface area (Å²) < 4.78 is 1.87. The highest BCUT2D eigenvalue weighted by atomic mass is 16.3. The van der Waals surface area contributed by atoms with Crippen LogP contribution in [-0.2, 0) is 0 Å². The van der Waals surface area contributed by atoms with E-state index in [2.05, 4.69) is 4.98 Å². The summed E-state index contributed by atoms with van der Waals surface area (Å²) >= 11 is 0. The summed E-state index contributed by atoms with van der Waals surface area (Å²) in [5, 5.41) is 9.44. The first-order chi connectivity index (χ1) is 8.74. The highest BCUT2D eigenvalue weighted by molar-refractivity contribution is 5.95. The zero-order valence-electron chi connectivity index (χ0n) is 9.99. The zero-order valence-corrected chi connectivity index (χ0v) is 9.99. The molecule has 0 aliphatic carbocycles. The number of aliphatic hydroxyl groups is 1. The lowest BCUT2D eigenvalue weighted by atomic mass is 10.1. The van der Waals surface area contributed by atoms with Gasteiger partial charge in [0.1, 0.15) is 0 Å². The molecule has 1 N–H and O–H groups in total. The van der Waals surface area contributed by atoms with Gasteiger partial charge in [-0.15, -0.1) is 0 Å². The van der Waals surface area contributed by atoms with Crippen LogP contribution in [0.5, 0.6) is 0 Å². The monoisotopic (exact) mass is 245 g/mol. The minimum atomic E-state index is -0.258. The number of carbonyl (C=O) groups is 1. The predicted octanol–water partition coefficient (Wildman–Crippen LogP) is 0.931. The average molecular weight is 245 g/mol. The molecule has 0 spiro atoms. The Hall–Kier alpha value is -1.88. The van der Waals surface area contributed by atoms with Crippen molar-refractivity contribution in [3.05, 3.63) is 36.4 Å². The first-order valence-electron chi connectivity index (χ1n) is 6.13. The van der Waals surface area contributed by atoms with E-state index < -0.39 is 0 Å². The molecule has 1 fully saturated rings. The number of hydrogen-bond donors (Lipinski definition) is 1. The molecule has 0 unspecified atom stereocenters. The van der Waals surface area contributed by atoms with Gasteiger partial charge in [0, 0.05) is 24.8 Å². The van der Waals surface area contributed by atoms with Gasteiger partial charge in [-0.3, -0.25) is 4.79 Å². The molecule has 0 aromatic carbocycles. The maximum Gasteiger partial charge on any atom is 0.253 e. The number of imidazole rings is 1. The summed E-state index contributed by atoms with van der Waals surface area (Å²) in [6.07, 6.45) is 6.36. The van der Waals surface area contributed by atoms with Gasteiger partial charge in [0.2, 0.25) is 0 Å². The Morgan fingerprint density at radius 2 is 2.17 bits per heavy atom. The summed E-state index contributed by atoms with van der Waals surface area (Å²) in [6.45, 7) is 1.26. The van der Waals surface area contributed by atoms with Crippen molar-refractivity contribution in [1.29, 1.82) is 0 Å². The van der Waals surface area contributed by atoms with Crippen LogP contribution in [0.1, 0.15) is 23.2 Å². The highest BCUT2D eigenvalue weighted by Crippen LogP contribution is 2.15. The number of amides is 1. The third kappa shape index (κ3) is 1.97. The molecule has 0 radical (unpaired) electrons. The molecule has 5 heteroatoms. The van der Waals surface area contributed by atoms with Crippen LogP contribution in [0.4, 0.5) is 0 Å². The van der Waals surface area contributed by atoms with Crippen molar-refractivity contribution in [1.82, 2.24) is 14.3 Å². The van der Waals surface area contributed by atoms with Crippen LogP contribution >= 0.6 is 0 Å². The van der Waals surface area contributed by atoms with Gasteiger partial charge in [0.15, 0.2) is 0 Å². The fourth-order valence-corrected chi connectivity index (χ4v) is 2.30. The summed E-state index contributed by atoms with van der Waals surface area (Å²) in [4.78, 5) is 18.1. The fraction of sp³-hybridized carbons (Fsp3) is 0.385. The van der Waals surface area contributed by atoms with E-state index in [-0.39, 0.29) is 12.0 Å². The number of carbonyl (C=O) groups excluding carboxylic acids is 1. The summed E-state index contributed by atoms with van der Waals surface area (Å²) in [6, 6.07) is 3.66. The van der Waals surface area contributed by atoms with Gasteiger partial charge in [-0.25, -0.2) is 4.98 Å². The smallest absolute Gasteiger partial charge is 0.253 e. The summed E-state index contributed by atoms with van der Waals surface area (Å²) in [7, 11) is 0. The third-order valence-electron chi connectivity index (χ3n) is 3.41. The fourth-order valence-electron chi connectivity index (χ4n) is 2.30. The first kappa shape index (κ1) is 11.2. The Morgan fingerprint density at radius 1 is 1.39 bits per heavy atom. The van der Waals surface area contributed by atoms with E-state index in [0.29, 0.717) is 31.5 Å². The summed E-state index contributed by atoms with van der Waals surface area (Å²) in [5.41, 5.74) is 1.59. The van der Waals surface area contributed by atoms with Crippen molar-refractivity contribution in [2.45, 2.75) is 18.9 Å². The van der Waals surface area contributed by atoms with Crippen molar-refractivity contribution in [3.8, 4) is 0 Å². The number of nitrogens with zero attached hydrogens (tertiary/aromatic N) is 3. The van der Waals surface area contributed by atoms with Crippen LogP contribution in [0.3, 0.4) is 0 Å². The molecule has 1 saturated heterocycles. The molecule has 1 aliphatic rings. The largest absolute Gasteiger partial charge is 0.393 e. The van der Waals surface area contributed by atoms with Gasteiger partial charge in [-0.05, 0) is 25.0 Å². The molecule has 0 saturated carbocycles. The molecule has 18 heavy (non-hydrogen) atoms. The second-order valence-corrected chi connectivity index (χ2v) is 4.66. The van der Waals surface area contributed by atoms with E-state index in [1.165, 1.54) is 0 Å². The Kier molecular flexibility index (Phi) is 2.76. The van der Waals surface area contributed by atoms with Gasteiger partial charge in [0.05, 0.1) is 24.1 Å². The number of fused-ring (bicyclic) bond motifs is 1. The minimum Gasteiger partial charge on any atom is -0.393 e. The molecular formula is C13H15N3O2. The van der Waals surface area contributed by atoms with E-state index in [1.807, 2.05) is 22.7 Å². The Morgan fingerprint density at radius 3 is 2.94 bits per heavy atom. The third-order valence-corrected chi connectivity index (χ3v) is 3.41. The van der Waals surface area contributed by atoms with E-state index in [4.69, 9.17) is 0 Å². The van der Waals surface area contributed by atoms with Crippen molar-refractivity contribution in [3.63, 3.8) is 0 Å². The van der Waals surface area contributed by atoms with Crippen LogP contribution in [0, 0.1) is 0 Å². The molecule has 3 rings (SSSR count). The Bertz CT molecular complexity index is 570. The maximum absolute atomic E-state index is 12.3. The molecule has 5 nitrogen and oxygen atoms in total. The van der Waals surface area contributed by atoms with Crippen molar-refractivity contribution < 1.29 is 9.90 Å². The van der Waals surface area contributed by atoms with E-state index in [1.54, 1.807) is 17.4 Å². The molecule has 2 aromatic heterocycles. The van der Waals surface area contributed by atoms with Crippen molar-refractivity contribution in [2.24, 2.45) is 0 Å². The maximum atomic E-state index is 12.3. The lowest BCUT2D eigenvalue weighted by Crippen LogP contribution is -2.40. The van der Waals surface area contributed by atoms with Gasteiger partial charge in [-0.1, -0.05) is 0 Å². The molecule has 94 valence electrons.